The molecule has 0 atom stereocenters. The molecule has 0 saturated carbocycles. The van der Waals surface area contributed by atoms with Crippen molar-refractivity contribution in [3.05, 3.63) is 54.1 Å². The van der Waals surface area contributed by atoms with Crippen molar-refractivity contribution in [1.82, 2.24) is 25.5 Å². The first kappa shape index (κ1) is 19.5. The average Bonchev–Trinajstić information content (AvgIpc) is 3.14. The standard InChI is InChI=1S/C17H15F2N5O3S/c18-16(19)27-14-7-1-11(2-8-14)9-20-15(26)10-28-17-21-22-23-24(17)12-3-5-13(25)6-4-12/h1-8,16,25H,9-10H2,(H,20,26). The zero-order valence-corrected chi connectivity index (χ0v) is 15.1. The summed E-state index contributed by atoms with van der Waals surface area (Å²) in [5.74, 6) is 0.0319. The van der Waals surface area contributed by atoms with Crippen molar-refractivity contribution in [1.29, 1.82) is 0 Å². The van der Waals surface area contributed by atoms with Gasteiger partial charge in [0, 0.05) is 6.54 Å². The highest BCUT2D eigenvalue weighted by molar-refractivity contribution is 7.99. The minimum Gasteiger partial charge on any atom is -0.508 e. The molecule has 0 unspecified atom stereocenters. The number of hydrogen-bond donors (Lipinski definition) is 2. The van der Waals surface area contributed by atoms with Gasteiger partial charge in [-0.1, -0.05) is 23.9 Å². The van der Waals surface area contributed by atoms with Gasteiger partial charge in [-0.05, 0) is 52.4 Å². The largest absolute Gasteiger partial charge is 0.508 e. The van der Waals surface area contributed by atoms with Crippen molar-refractivity contribution >= 4 is 17.7 Å². The molecule has 0 saturated heterocycles. The first-order valence-corrected chi connectivity index (χ1v) is 9.01. The molecule has 3 aromatic rings. The van der Waals surface area contributed by atoms with Crippen molar-refractivity contribution in [2.75, 3.05) is 5.75 Å². The lowest BCUT2D eigenvalue weighted by molar-refractivity contribution is -0.118. The van der Waals surface area contributed by atoms with Gasteiger partial charge in [-0.2, -0.15) is 13.5 Å². The van der Waals surface area contributed by atoms with E-state index in [1.54, 1.807) is 24.3 Å². The lowest BCUT2D eigenvalue weighted by Crippen LogP contribution is -2.24. The van der Waals surface area contributed by atoms with Crippen LogP contribution in [-0.4, -0.2) is 43.6 Å². The normalized spacial score (nSPS) is 10.8. The van der Waals surface area contributed by atoms with Gasteiger partial charge in [-0.25, -0.2) is 0 Å². The van der Waals surface area contributed by atoms with E-state index in [1.807, 2.05) is 0 Å². The van der Waals surface area contributed by atoms with E-state index in [9.17, 15) is 18.7 Å². The third-order valence-corrected chi connectivity index (χ3v) is 4.43. The summed E-state index contributed by atoms with van der Waals surface area (Å²) in [5.41, 5.74) is 1.39. The molecule has 3 rings (SSSR count). The van der Waals surface area contributed by atoms with E-state index in [2.05, 4.69) is 25.6 Å². The fourth-order valence-corrected chi connectivity index (χ4v) is 2.92. The number of aromatic hydroxyl groups is 1. The molecule has 0 aliphatic carbocycles. The molecule has 1 aromatic heterocycles. The zero-order valence-electron chi connectivity index (χ0n) is 14.3. The fraction of sp³-hybridized carbons (Fsp3) is 0.176. The van der Waals surface area contributed by atoms with Gasteiger partial charge >= 0.3 is 6.61 Å². The Morgan fingerprint density at radius 3 is 2.57 bits per heavy atom. The number of thioether (sulfide) groups is 1. The second-order valence-electron chi connectivity index (χ2n) is 5.48. The number of carbonyl (C=O) groups is 1. The number of carbonyl (C=O) groups excluding carboxylic acids is 1. The Balaban J connectivity index is 1.50. The quantitative estimate of drug-likeness (QED) is 0.553. The molecule has 8 nitrogen and oxygen atoms in total. The SMILES string of the molecule is O=C(CSc1nnnn1-c1ccc(O)cc1)NCc1ccc(OC(F)F)cc1. The highest BCUT2D eigenvalue weighted by atomic mass is 32.2. The van der Waals surface area contributed by atoms with Crippen LogP contribution in [0.25, 0.3) is 5.69 Å². The number of aromatic nitrogens is 4. The van der Waals surface area contributed by atoms with Crippen LogP contribution in [0.15, 0.2) is 53.7 Å². The number of hydrogen-bond acceptors (Lipinski definition) is 7. The van der Waals surface area contributed by atoms with Crippen LogP contribution in [0.5, 0.6) is 11.5 Å². The van der Waals surface area contributed by atoms with Gasteiger partial charge in [-0.3, -0.25) is 4.79 Å². The predicted molar refractivity (Wildman–Crippen MR) is 96.5 cm³/mol. The van der Waals surface area contributed by atoms with Crippen LogP contribution in [0.2, 0.25) is 0 Å². The Morgan fingerprint density at radius 1 is 1.18 bits per heavy atom. The fourth-order valence-electron chi connectivity index (χ4n) is 2.20. The van der Waals surface area contributed by atoms with Crippen LogP contribution < -0.4 is 10.1 Å². The number of phenolic OH excluding ortho intramolecular Hbond substituents is 1. The summed E-state index contributed by atoms with van der Waals surface area (Å²) in [6, 6.07) is 12.3. The topological polar surface area (TPSA) is 102 Å². The Kier molecular flexibility index (Phi) is 6.37. The van der Waals surface area contributed by atoms with E-state index in [4.69, 9.17) is 0 Å². The van der Waals surface area contributed by atoms with Gasteiger partial charge in [0.1, 0.15) is 11.5 Å². The lowest BCUT2D eigenvalue weighted by Gasteiger charge is -2.07. The number of rotatable bonds is 8. The molecule has 28 heavy (non-hydrogen) atoms. The molecule has 0 fully saturated rings. The number of benzene rings is 2. The number of halogens is 2. The highest BCUT2D eigenvalue weighted by Crippen LogP contribution is 2.20. The molecular weight excluding hydrogens is 392 g/mol. The molecule has 0 aliphatic rings. The molecule has 146 valence electrons. The van der Waals surface area contributed by atoms with E-state index in [1.165, 1.54) is 28.9 Å². The lowest BCUT2D eigenvalue weighted by atomic mass is 10.2. The maximum atomic E-state index is 12.1. The van der Waals surface area contributed by atoms with Crippen LogP contribution in [0, 0.1) is 0 Å². The van der Waals surface area contributed by atoms with Gasteiger partial charge in [0.15, 0.2) is 0 Å². The molecule has 1 heterocycles. The van der Waals surface area contributed by atoms with Crippen molar-refractivity contribution in [2.24, 2.45) is 0 Å². The van der Waals surface area contributed by atoms with E-state index in [-0.39, 0.29) is 29.7 Å². The molecule has 11 heteroatoms. The number of amides is 1. The monoisotopic (exact) mass is 407 g/mol. The van der Waals surface area contributed by atoms with Crippen LogP contribution in [0.1, 0.15) is 5.56 Å². The van der Waals surface area contributed by atoms with E-state index >= 15 is 0 Å². The average molecular weight is 407 g/mol. The van der Waals surface area contributed by atoms with Gasteiger partial charge in [0.05, 0.1) is 11.4 Å². The number of phenols is 1. The number of alkyl halides is 2. The molecule has 0 aliphatic heterocycles. The minimum absolute atomic E-state index is 0.0571. The second kappa shape index (κ2) is 9.13. The summed E-state index contributed by atoms with van der Waals surface area (Å²) >= 11 is 1.15. The molecule has 1 amide bonds. The summed E-state index contributed by atoms with van der Waals surface area (Å²) in [5, 5.41) is 23.9. The van der Waals surface area contributed by atoms with Gasteiger partial charge in [-0.15, -0.1) is 5.10 Å². The van der Waals surface area contributed by atoms with Crippen molar-refractivity contribution in [2.45, 2.75) is 18.3 Å². The first-order chi connectivity index (χ1) is 13.5. The van der Waals surface area contributed by atoms with E-state index in [0.29, 0.717) is 10.8 Å². The maximum absolute atomic E-state index is 12.1. The van der Waals surface area contributed by atoms with Crippen LogP contribution in [-0.2, 0) is 11.3 Å². The van der Waals surface area contributed by atoms with Crippen LogP contribution in [0.4, 0.5) is 8.78 Å². The van der Waals surface area contributed by atoms with Crippen molar-refractivity contribution < 1.29 is 23.4 Å². The van der Waals surface area contributed by atoms with E-state index < -0.39 is 6.61 Å². The summed E-state index contributed by atoms with van der Waals surface area (Å²) < 4.78 is 30.0. The van der Waals surface area contributed by atoms with Gasteiger partial charge in [0.25, 0.3) is 0 Å². The summed E-state index contributed by atoms with van der Waals surface area (Å²) in [6.45, 7) is -2.63. The highest BCUT2D eigenvalue weighted by Gasteiger charge is 2.12. The zero-order chi connectivity index (χ0) is 19.9. The Labute approximate surface area is 162 Å². The maximum Gasteiger partial charge on any atom is 0.387 e. The summed E-state index contributed by atoms with van der Waals surface area (Å²) in [4.78, 5) is 12.0. The third-order valence-electron chi connectivity index (χ3n) is 3.51. The Bertz CT molecular complexity index is 919. The predicted octanol–water partition coefficient (Wildman–Crippen LogP) is 2.38. The molecule has 2 aromatic carbocycles. The molecule has 0 bridgehead atoms. The molecule has 0 spiro atoms. The Morgan fingerprint density at radius 2 is 1.89 bits per heavy atom. The second-order valence-corrected chi connectivity index (χ2v) is 6.42. The molecular formula is C17H15F2N5O3S. The number of nitrogens with one attached hydrogen (secondary N) is 1. The van der Waals surface area contributed by atoms with Gasteiger partial charge in [0.2, 0.25) is 11.1 Å². The summed E-state index contributed by atoms with van der Waals surface area (Å²) in [7, 11) is 0. The smallest absolute Gasteiger partial charge is 0.387 e. The first-order valence-electron chi connectivity index (χ1n) is 8.02. The van der Waals surface area contributed by atoms with Crippen LogP contribution in [0.3, 0.4) is 0 Å². The van der Waals surface area contributed by atoms with Gasteiger partial charge < -0.3 is 15.2 Å². The number of nitrogens with zero attached hydrogens (tertiary/aromatic N) is 4. The minimum atomic E-state index is -2.87. The Hall–Kier alpha value is -3.21. The molecule has 2 N–H and O–H groups in total. The van der Waals surface area contributed by atoms with Crippen LogP contribution >= 0.6 is 11.8 Å². The number of tetrazole rings is 1. The third kappa shape index (κ3) is 5.39. The van der Waals surface area contributed by atoms with Crippen molar-refractivity contribution in [3.63, 3.8) is 0 Å². The van der Waals surface area contributed by atoms with E-state index in [0.717, 1.165) is 17.3 Å². The number of ether oxygens (including phenoxy) is 1. The molecule has 0 radical (unpaired) electrons. The van der Waals surface area contributed by atoms with Crippen molar-refractivity contribution in [3.8, 4) is 17.2 Å². The summed E-state index contributed by atoms with van der Waals surface area (Å²) in [6.07, 6.45) is 0.